The fraction of sp³-hybridized carbons (Fsp3) is 0.462. The van der Waals surface area contributed by atoms with Crippen LogP contribution >= 0.6 is 15.9 Å². The van der Waals surface area contributed by atoms with E-state index in [0.717, 1.165) is 4.47 Å². The predicted molar refractivity (Wildman–Crippen MR) is 70.1 cm³/mol. The van der Waals surface area contributed by atoms with Crippen LogP contribution in [-0.4, -0.2) is 18.2 Å². The summed E-state index contributed by atoms with van der Waals surface area (Å²) in [4.78, 5) is 11.7. The molecule has 0 heterocycles. The molecule has 0 radical (unpaired) electrons. The van der Waals surface area contributed by atoms with Gasteiger partial charge in [-0.25, -0.2) is 4.79 Å². The molecule has 0 N–H and O–H groups in total. The second-order valence-electron chi connectivity index (χ2n) is 3.95. The molecule has 1 unspecified atom stereocenters. The summed E-state index contributed by atoms with van der Waals surface area (Å²) in [5, 5.41) is 0. The van der Waals surface area contributed by atoms with Crippen molar-refractivity contribution in [3.05, 3.63) is 28.7 Å². The van der Waals surface area contributed by atoms with Gasteiger partial charge in [0, 0.05) is 4.47 Å². The molecule has 0 amide bonds. The molecule has 0 saturated heterocycles. The van der Waals surface area contributed by atoms with Crippen molar-refractivity contribution in [1.29, 1.82) is 0 Å². The van der Waals surface area contributed by atoms with Gasteiger partial charge in [0.2, 0.25) is 0 Å². The SMILES string of the molecule is CCC(Oc1ccc(Br)cc1)C(=O)OC(C)C. The first-order valence-corrected chi connectivity index (χ1v) is 6.45. The molecule has 0 aliphatic heterocycles. The number of carbonyl (C=O) groups excluding carboxylic acids is 1. The lowest BCUT2D eigenvalue weighted by atomic mass is 10.2. The van der Waals surface area contributed by atoms with E-state index in [-0.39, 0.29) is 12.1 Å². The Morgan fingerprint density at radius 1 is 1.29 bits per heavy atom. The summed E-state index contributed by atoms with van der Waals surface area (Å²) in [5.74, 6) is 0.353. The second-order valence-corrected chi connectivity index (χ2v) is 4.87. The Kier molecular flexibility index (Phi) is 5.48. The van der Waals surface area contributed by atoms with Crippen LogP contribution in [0.25, 0.3) is 0 Å². The summed E-state index contributed by atoms with van der Waals surface area (Å²) < 4.78 is 11.7. The molecule has 1 rings (SSSR count). The molecule has 0 aliphatic rings. The van der Waals surface area contributed by atoms with E-state index in [1.165, 1.54) is 0 Å². The number of hydrogen-bond acceptors (Lipinski definition) is 3. The highest BCUT2D eigenvalue weighted by molar-refractivity contribution is 9.10. The van der Waals surface area contributed by atoms with Gasteiger partial charge in [-0.1, -0.05) is 22.9 Å². The topological polar surface area (TPSA) is 35.5 Å². The molecule has 1 aromatic carbocycles. The summed E-state index contributed by atoms with van der Waals surface area (Å²) in [6, 6.07) is 7.37. The van der Waals surface area contributed by atoms with Gasteiger partial charge >= 0.3 is 5.97 Å². The van der Waals surface area contributed by atoms with E-state index in [1.807, 2.05) is 45.0 Å². The number of benzene rings is 1. The summed E-state index contributed by atoms with van der Waals surface area (Å²) in [6.45, 7) is 5.54. The maximum atomic E-state index is 11.7. The zero-order chi connectivity index (χ0) is 12.8. The van der Waals surface area contributed by atoms with Gasteiger partial charge in [0.15, 0.2) is 6.10 Å². The largest absolute Gasteiger partial charge is 0.479 e. The van der Waals surface area contributed by atoms with Crippen molar-refractivity contribution < 1.29 is 14.3 Å². The lowest BCUT2D eigenvalue weighted by Crippen LogP contribution is -2.30. The number of hydrogen-bond donors (Lipinski definition) is 0. The minimum Gasteiger partial charge on any atom is -0.479 e. The molecule has 1 atom stereocenters. The van der Waals surface area contributed by atoms with Crippen LogP contribution in [0.15, 0.2) is 28.7 Å². The highest BCUT2D eigenvalue weighted by Crippen LogP contribution is 2.18. The highest BCUT2D eigenvalue weighted by atomic mass is 79.9. The number of ether oxygens (including phenoxy) is 2. The summed E-state index contributed by atoms with van der Waals surface area (Å²) in [6.07, 6.45) is -0.0784. The van der Waals surface area contributed by atoms with Crippen LogP contribution in [0.2, 0.25) is 0 Å². The number of rotatable bonds is 5. The van der Waals surface area contributed by atoms with Crippen LogP contribution in [0.1, 0.15) is 27.2 Å². The molecule has 1 aromatic rings. The Balaban J connectivity index is 2.63. The number of halogens is 1. The van der Waals surface area contributed by atoms with Crippen molar-refractivity contribution in [2.24, 2.45) is 0 Å². The van der Waals surface area contributed by atoms with E-state index < -0.39 is 6.10 Å². The Bertz CT molecular complexity index is 359. The third-order valence-corrected chi connectivity index (χ3v) is 2.61. The molecule has 0 aliphatic carbocycles. The predicted octanol–water partition coefficient (Wildman–Crippen LogP) is 3.56. The maximum Gasteiger partial charge on any atom is 0.347 e. The number of esters is 1. The smallest absolute Gasteiger partial charge is 0.347 e. The van der Waals surface area contributed by atoms with Gasteiger partial charge in [-0.3, -0.25) is 0 Å². The molecule has 0 saturated carbocycles. The quantitative estimate of drug-likeness (QED) is 0.780. The molecular weight excluding hydrogens is 284 g/mol. The fourth-order valence-electron chi connectivity index (χ4n) is 1.28. The van der Waals surface area contributed by atoms with Crippen molar-refractivity contribution in [2.45, 2.75) is 39.4 Å². The summed E-state index contributed by atoms with van der Waals surface area (Å²) >= 11 is 3.34. The molecule has 94 valence electrons. The molecule has 17 heavy (non-hydrogen) atoms. The van der Waals surface area contributed by atoms with Crippen LogP contribution < -0.4 is 4.74 Å². The lowest BCUT2D eigenvalue weighted by Gasteiger charge is -2.18. The summed E-state index contributed by atoms with van der Waals surface area (Å²) in [5.41, 5.74) is 0. The molecule has 0 aromatic heterocycles. The zero-order valence-corrected chi connectivity index (χ0v) is 11.9. The van der Waals surface area contributed by atoms with Gasteiger partial charge in [-0.2, -0.15) is 0 Å². The van der Waals surface area contributed by atoms with Crippen molar-refractivity contribution in [2.75, 3.05) is 0 Å². The van der Waals surface area contributed by atoms with Crippen molar-refractivity contribution in [1.82, 2.24) is 0 Å². The van der Waals surface area contributed by atoms with Crippen LogP contribution in [0.4, 0.5) is 0 Å². The van der Waals surface area contributed by atoms with Crippen LogP contribution in [0.3, 0.4) is 0 Å². The molecule has 0 bridgehead atoms. The molecular formula is C13H17BrO3. The van der Waals surface area contributed by atoms with E-state index >= 15 is 0 Å². The van der Waals surface area contributed by atoms with Gasteiger partial charge < -0.3 is 9.47 Å². The normalized spacial score (nSPS) is 12.3. The fourth-order valence-corrected chi connectivity index (χ4v) is 1.55. The Morgan fingerprint density at radius 2 is 1.88 bits per heavy atom. The first-order valence-electron chi connectivity index (χ1n) is 5.65. The minimum atomic E-state index is -0.543. The lowest BCUT2D eigenvalue weighted by molar-refractivity contribution is -0.155. The van der Waals surface area contributed by atoms with Crippen molar-refractivity contribution in [3.8, 4) is 5.75 Å². The Morgan fingerprint density at radius 3 is 2.35 bits per heavy atom. The van der Waals surface area contributed by atoms with Gasteiger partial charge in [0.1, 0.15) is 5.75 Å². The average Bonchev–Trinajstić information content (AvgIpc) is 2.27. The van der Waals surface area contributed by atoms with E-state index in [4.69, 9.17) is 9.47 Å². The standard InChI is InChI=1S/C13H17BrO3/c1-4-12(13(15)16-9(2)3)17-11-7-5-10(14)6-8-11/h5-9,12H,4H2,1-3H3. The zero-order valence-electron chi connectivity index (χ0n) is 10.3. The van der Waals surface area contributed by atoms with E-state index in [0.29, 0.717) is 12.2 Å². The molecule has 0 fully saturated rings. The minimum absolute atomic E-state index is 0.120. The van der Waals surface area contributed by atoms with Gasteiger partial charge in [0.05, 0.1) is 6.10 Å². The third kappa shape index (κ3) is 4.77. The Labute approximate surface area is 110 Å². The van der Waals surface area contributed by atoms with E-state index in [2.05, 4.69) is 15.9 Å². The maximum absolute atomic E-state index is 11.7. The number of carbonyl (C=O) groups is 1. The monoisotopic (exact) mass is 300 g/mol. The summed E-state index contributed by atoms with van der Waals surface area (Å²) in [7, 11) is 0. The molecule has 0 spiro atoms. The highest BCUT2D eigenvalue weighted by Gasteiger charge is 2.20. The van der Waals surface area contributed by atoms with Crippen LogP contribution in [0.5, 0.6) is 5.75 Å². The second kappa shape index (κ2) is 6.64. The molecule has 3 nitrogen and oxygen atoms in total. The first kappa shape index (κ1) is 14.0. The van der Waals surface area contributed by atoms with Crippen LogP contribution in [0, 0.1) is 0 Å². The van der Waals surface area contributed by atoms with Gasteiger partial charge in [0.25, 0.3) is 0 Å². The first-order chi connectivity index (χ1) is 8.02. The van der Waals surface area contributed by atoms with Crippen molar-refractivity contribution in [3.63, 3.8) is 0 Å². The molecule has 4 heteroatoms. The van der Waals surface area contributed by atoms with Crippen LogP contribution in [-0.2, 0) is 9.53 Å². The van der Waals surface area contributed by atoms with E-state index in [9.17, 15) is 4.79 Å². The van der Waals surface area contributed by atoms with Gasteiger partial charge in [-0.05, 0) is 44.5 Å². The van der Waals surface area contributed by atoms with Gasteiger partial charge in [-0.15, -0.1) is 0 Å². The third-order valence-electron chi connectivity index (χ3n) is 2.08. The average molecular weight is 301 g/mol. The van der Waals surface area contributed by atoms with Crippen molar-refractivity contribution >= 4 is 21.9 Å². The van der Waals surface area contributed by atoms with E-state index in [1.54, 1.807) is 0 Å². The Hall–Kier alpha value is -1.03.